The Hall–Kier alpha value is 0.950. The first kappa shape index (κ1) is 14.5. The van der Waals surface area contributed by atoms with E-state index in [0.717, 1.165) is 5.75 Å². The van der Waals surface area contributed by atoms with Crippen molar-refractivity contribution in [2.45, 2.75) is 24.7 Å². The number of hydrogen-bond donors (Lipinski definition) is 1. The van der Waals surface area contributed by atoms with Gasteiger partial charge in [-0.05, 0) is 0 Å². The van der Waals surface area contributed by atoms with Gasteiger partial charge in [0.25, 0.3) is 0 Å². The Labute approximate surface area is 83.3 Å². The minimum absolute atomic E-state index is 0. The van der Waals surface area contributed by atoms with Crippen LogP contribution in [0.25, 0.3) is 0 Å². The first-order valence-corrected chi connectivity index (χ1v) is 5.33. The maximum absolute atomic E-state index is 8.70. The van der Waals surface area contributed by atoms with Crippen molar-refractivity contribution >= 4 is 35.1 Å². The van der Waals surface area contributed by atoms with Gasteiger partial charge < -0.3 is 5.11 Å². The predicted octanol–water partition coefficient (Wildman–Crippen LogP) is 2.66. The van der Waals surface area contributed by atoms with E-state index in [9.17, 15) is 0 Å². The van der Waals surface area contributed by atoms with Crippen LogP contribution in [0, 0.1) is 0 Å². The Balaban J connectivity index is 0. The van der Waals surface area contributed by atoms with Gasteiger partial charge in [-0.25, -0.2) is 0 Å². The van der Waals surface area contributed by atoms with Crippen LogP contribution in [0.1, 0.15) is 14.9 Å². The minimum atomic E-state index is 0. The molecule has 1 N–H and O–H groups in total. The van der Waals surface area contributed by atoms with Crippen LogP contribution in [-0.2, 0) is 0 Å². The average Bonchev–Trinajstić information content (AvgIpc) is 2.34. The Morgan fingerprint density at radius 3 is 2.36 bits per heavy atom. The van der Waals surface area contributed by atoms with Crippen molar-refractivity contribution in [2.24, 2.45) is 0 Å². The number of hydrogen-bond acceptors (Lipinski definition) is 3. The lowest BCUT2D eigenvalue weighted by atomic mass is 10.5. The molecule has 11 heavy (non-hydrogen) atoms. The molecule has 2 atom stereocenters. The van der Waals surface area contributed by atoms with Crippen molar-refractivity contribution in [1.82, 2.24) is 0 Å². The molecule has 70 valence electrons. The van der Waals surface area contributed by atoms with Gasteiger partial charge in [-0.15, -0.1) is 35.1 Å². The molecule has 0 aromatic heterocycles. The summed E-state index contributed by atoms with van der Waals surface area (Å²) < 4.78 is 0.517. The number of aliphatic hydroxyl groups is 1. The summed E-state index contributed by atoms with van der Waals surface area (Å²) in [6, 6.07) is 0. The predicted molar refractivity (Wildman–Crippen MR) is 58.9 cm³/mol. The van der Waals surface area contributed by atoms with Gasteiger partial charge in [0.05, 0.1) is 11.2 Å². The van der Waals surface area contributed by atoms with Gasteiger partial charge in [0, 0.05) is 16.9 Å². The molecule has 1 heterocycles. The summed E-state index contributed by atoms with van der Waals surface area (Å²) in [4.78, 5) is 0. The molecule has 1 aliphatic rings. The molecule has 1 nitrogen and oxygen atoms in total. The lowest BCUT2D eigenvalue weighted by Gasteiger charge is -2.02. The summed E-state index contributed by atoms with van der Waals surface area (Å²) in [7, 11) is 0. The zero-order valence-electron chi connectivity index (χ0n) is 4.92. The van der Waals surface area contributed by atoms with Gasteiger partial charge in [-0.2, -0.15) is 0 Å². The summed E-state index contributed by atoms with van der Waals surface area (Å²) in [5, 5.41) is 9.13. The summed E-state index contributed by atoms with van der Waals surface area (Å²) in [5.41, 5.74) is 0. The highest BCUT2D eigenvalue weighted by Gasteiger charge is 2.23. The molecule has 1 fully saturated rings. The highest BCUT2D eigenvalue weighted by atomic mass is 35.5. The monoisotopic (exact) mass is 216 g/mol. The molecule has 0 saturated carbocycles. The molecule has 0 radical (unpaired) electrons. The lowest BCUT2D eigenvalue weighted by Crippen LogP contribution is -2.06. The van der Waals surface area contributed by atoms with E-state index in [0.29, 0.717) is 22.3 Å². The lowest BCUT2D eigenvalue weighted by molar-refractivity contribution is 0.301. The van der Waals surface area contributed by atoms with E-state index in [4.69, 9.17) is 16.7 Å². The van der Waals surface area contributed by atoms with E-state index in [1.165, 1.54) is 0 Å². The van der Waals surface area contributed by atoms with Crippen LogP contribution in [0.4, 0.5) is 0 Å². The van der Waals surface area contributed by atoms with Gasteiger partial charge in [-0.3, -0.25) is 0 Å². The highest BCUT2D eigenvalue weighted by molar-refractivity contribution is 8.20. The molecular weight excluding hydrogens is 200 g/mol. The minimum Gasteiger partial charge on any atom is -0.395 e. The van der Waals surface area contributed by atoms with Crippen LogP contribution in [-0.4, -0.2) is 33.2 Å². The van der Waals surface area contributed by atoms with Crippen molar-refractivity contribution < 1.29 is 5.11 Å². The fourth-order valence-electron chi connectivity index (χ4n) is 0.685. The van der Waals surface area contributed by atoms with Crippen molar-refractivity contribution in [3.05, 3.63) is 0 Å². The first-order valence-electron chi connectivity index (χ1n) is 2.80. The van der Waals surface area contributed by atoms with Crippen molar-refractivity contribution in [3.63, 3.8) is 0 Å². The molecule has 1 aliphatic heterocycles. The third-order valence-electron chi connectivity index (χ3n) is 1.14. The van der Waals surface area contributed by atoms with E-state index >= 15 is 0 Å². The van der Waals surface area contributed by atoms with E-state index in [1.54, 1.807) is 11.8 Å². The molecule has 1 saturated heterocycles. The van der Waals surface area contributed by atoms with Gasteiger partial charge in [0.2, 0.25) is 0 Å². The maximum Gasteiger partial charge on any atom is 0.0641 e. The van der Waals surface area contributed by atoms with E-state index in [1.807, 2.05) is 11.8 Å². The van der Waals surface area contributed by atoms with Crippen molar-refractivity contribution in [2.75, 3.05) is 18.2 Å². The van der Waals surface area contributed by atoms with Crippen LogP contribution in [0.5, 0.6) is 0 Å². The zero-order valence-corrected chi connectivity index (χ0v) is 7.31. The summed E-state index contributed by atoms with van der Waals surface area (Å²) in [6.45, 7) is 0.297. The Morgan fingerprint density at radius 2 is 2.09 bits per heavy atom. The van der Waals surface area contributed by atoms with E-state index < -0.39 is 0 Å². The molecule has 0 amide bonds. The molecular formula is C7H17ClOS2. The van der Waals surface area contributed by atoms with Crippen molar-refractivity contribution in [1.29, 1.82) is 0 Å². The first-order chi connectivity index (χ1) is 4.36. The number of thioether (sulfide) groups is 2. The standard InChI is InChI=1S/C5H9ClOS2.2CH4/c6-1-5-8-3-4(2-7)9-5;;/h4-5,7H,1-3H2;2*1H4. The molecule has 2 unspecified atom stereocenters. The van der Waals surface area contributed by atoms with Gasteiger partial charge in [-0.1, -0.05) is 14.9 Å². The Kier molecular flexibility index (Phi) is 9.99. The molecule has 0 aliphatic carbocycles. The van der Waals surface area contributed by atoms with Crippen LogP contribution in [0.2, 0.25) is 0 Å². The Morgan fingerprint density at radius 1 is 1.45 bits per heavy atom. The SMILES string of the molecule is C.C.OCC1CSC(CCl)S1. The second-order valence-corrected chi connectivity index (χ2v) is 5.21. The van der Waals surface area contributed by atoms with Gasteiger partial charge in [0.1, 0.15) is 0 Å². The fourth-order valence-corrected chi connectivity index (χ4v) is 3.95. The van der Waals surface area contributed by atoms with Crippen LogP contribution in [0.3, 0.4) is 0 Å². The average molecular weight is 217 g/mol. The fraction of sp³-hybridized carbons (Fsp3) is 1.00. The molecule has 0 aromatic rings. The Bertz CT molecular complexity index is 82.5. The van der Waals surface area contributed by atoms with Crippen molar-refractivity contribution in [3.8, 4) is 0 Å². The third-order valence-corrected chi connectivity index (χ3v) is 5.07. The normalized spacial score (nSPS) is 28.9. The smallest absolute Gasteiger partial charge is 0.0641 e. The molecule has 0 aromatic carbocycles. The largest absolute Gasteiger partial charge is 0.395 e. The maximum atomic E-state index is 8.70. The molecule has 1 rings (SSSR count). The van der Waals surface area contributed by atoms with E-state index in [-0.39, 0.29) is 14.9 Å². The van der Waals surface area contributed by atoms with Crippen LogP contribution < -0.4 is 0 Å². The topological polar surface area (TPSA) is 20.2 Å². The zero-order chi connectivity index (χ0) is 6.69. The number of halogens is 1. The van der Waals surface area contributed by atoms with E-state index in [2.05, 4.69) is 0 Å². The number of rotatable bonds is 2. The second kappa shape index (κ2) is 7.59. The quantitative estimate of drug-likeness (QED) is 0.717. The molecule has 0 spiro atoms. The van der Waals surface area contributed by atoms with Crippen LogP contribution >= 0.6 is 35.1 Å². The van der Waals surface area contributed by atoms with Crippen LogP contribution in [0.15, 0.2) is 0 Å². The summed E-state index contributed by atoms with van der Waals surface area (Å²) >= 11 is 9.24. The molecule has 0 bridgehead atoms. The molecule has 4 heteroatoms. The summed E-state index contributed by atoms with van der Waals surface area (Å²) in [5.74, 6) is 1.75. The van der Waals surface area contributed by atoms with Gasteiger partial charge >= 0.3 is 0 Å². The summed E-state index contributed by atoms with van der Waals surface area (Å²) in [6.07, 6.45) is 0. The second-order valence-electron chi connectivity index (χ2n) is 1.86. The van der Waals surface area contributed by atoms with Gasteiger partial charge in [0.15, 0.2) is 0 Å². The number of alkyl halides is 1. The third kappa shape index (κ3) is 4.51. The number of aliphatic hydroxyl groups excluding tert-OH is 1. The highest BCUT2D eigenvalue weighted by Crippen LogP contribution is 2.37.